The predicted molar refractivity (Wildman–Crippen MR) is 142 cm³/mol. The molecule has 1 aliphatic carbocycles. The average Bonchev–Trinajstić information content (AvgIpc) is 3.44. The number of carbonyl (C=O) groups is 1. The summed E-state index contributed by atoms with van der Waals surface area (Å²) in [6, 6.07) is 15.0. The minimum Gasteiger partial charge on any atom is -0.493 e. The zero-order valence-corrected chi connectivity index (χ0v) is 21.9. The van der Waals surface area contributed by atoms with Gasteiger partial charge < -0.3 is 24.3 Å². The van der Waals surface area contributed by atoms with E-state index in [1.165, 1.54) is 0 Å². The molecule has 0 saturated heterocycles. The van der Waals surface area contributed by atoms with Crippen molar-refractivity contribution in [2.45, 2.75) is 26.3 Å². The summed E-state index contributed by atoms with van der Waals surface area (Å²) in [7, 11) is 6.45. The summed E-state index contributed by atoms with van der Waals surface area (Å²) in [5, 5.41) is 9.51. The third kappa shape index (κ3) is 4.22. The third-order valence-electron chi connectivity index (χ3n) is 7.12. The molecule has 0 aromatic heterocycles. The van der Waals surface area contributed by atoms with Crippen molar-refractivity contribution in [3.63, 3.8) is 0 Å². The Bertz CT molecular complexity index is 1400. The van der Waals surface area contributed by atoms with E-state index in [1.807, 2.05) is 62.4 Å². The van der Waals surface area contributed by atoms with Crippen molar-refractivity contribution in [2.24, 2.45) is 11.0 Å². The molecule has 1 aliphatic heterocycles. The number of methoxy groups -OCH3 is 4. The minimum absolute atomic E-state index is 0.0465. The maximum absolute atomic E-state index is 13.7. The Morgan fingerprint density at radius 1 is 0.865 bits per heavy atom. The molecule has 1 N–H and O–H groups in total. The zero-order chi connectivity index (χ0) is 26.3. The van der Waals surface area contributed by atoms with Gasteiger partial charge in [-0.3, -0.25) is 0 Å². The summed E-state index contributed by atoms with van der Waals surface area (Å²) in [6.07, 6.45) is 0.709. The Hall–Kier alpha value is -4.20. The van der Waals surface area contributed by atoms with E-state index in [4.69, 9.17) is 24.0 Å². The first-order valence-electron chi connectivity index (χ1n) is 12.1. The van der Waals surface area contributed by atoms with Crippen LogP contribution in [0.5, 0.6) is 23.0 Å². The van der Waals surface area contributed by atoms with Gasteiger partial charge in [0.05, 0.1) is 40.2 Å². The van der Waals surface area contributed by atoms with E-state index in [0.717, 1.165) is 39.2 Å². The Balaban J connectivity index is 1.58. The summed E-state index contributed by atoms with van der Waals surface area (Å²) in [4.78, 5) is 13.7. The molecule has 0 spiro atoms. The fourth-order valence-corrected chi connectivity index (χ4v) is 5.31. The highest BCUT2D eigenvalue weighted by molar-refractivity contribution is 6.09. The van der Waals surface area contributed by atoms with Crippen LogP contribution in [0, 0.1) is 19.8 Å². The fourth-order valence-electron chi connectivity index (χ4n) is 5.31. The maximum Gasteiger partial charge on any atom is 0.342 e. The van der Waals surface area contributed by atoms with Gasteiger partial charge in [-0.1, -0.05) is 23.8 Å². The molecule has 2 unspecified atom stereocenters. The lowest BCUT2D eigenvalue weighted by molar-refractivity contribution is 0.189. The first kappa shape index (κ1) is 24.5. The van der Waals surface area contributed by atoms with E-state index in [1.54, 1.807) is 33.4 Å². The van der Waals surface area contributed by atoms with Crippen LogP contribution in [0.1, 0.15) is 33.9 Å². The van der Waals surface area contributed by atoms with Gasteiger partial charge in [0.2, 0.25) is 0 Å². The number of hydrazone groups is 1. The van der Waals surface area contributed by atoms with Gasteiger partial charge in [0.15, 0.2) is 23.0 Å². The van der Waals surface area contributed by atoms with Gasteiger partial charge in [-0.25, -0.2) is 9.80 Å². The summed E-state index contributed by atoms with van der Waals surface area (Å²) >= 11 is 0. The zero-order valence-electron chi connectivity index (χ0n) is 21.9. The molecule has 3 aromatic carbocycles. The van der Waals surface area contributed by atoms with Crippen molar-refractivity contribution in [2.75, 3.05) is 33.8 Å². The van der Waals surface area contributed by atoms with Gasteiger partial charge in [-0.05, 0) is 67.3 Å². The SMILES string of the molecule is COc1ccc(C2C3Cc4cc(OC)c(OC)cc4C3=NN2C(=O)Nc2ccc(C)cc2C)cc1OC. The first-order chi connectivity index (χ1) is 17.9. The third-order valence-corrected chi connectivity index (χ3v) is 7.12. The van der Waals surface area contributed by atoms with Crippen LogP contribution in [0.3, 0.4) is 0 Å². The molecule has 3 aromatic rings. The second kappa shape index (κ2) is 9.69. The van der Waals surface area contributed by atoms with Crippen molar-refractivity contribution in [3.05, 3.63) is 76.3 Å². The van der Waals surface area contributed by atoms with Crippen LogP contribution in [0.4, 0.5) is 10.5 Å². The summed E-state index contributed by atoms with van der Waals surface area (Å²) < 4.78 is 22.1. The van der Waals surface area contributed by atoms with Gasteiger partial charge >= 0.3 is 6.03 Å². The molecule has 0 saturated carbocycles. The molecule has 37 heavy (non-hydrogen) atoms. The lowest BCUT2D eigenvalue weighted by Gasteiger charge is -2.27. The standard InChI is InChI=1S/C29H31N3O5/c1-16-7-9-22(17(2)11-16)30-29(33)32-28(18-8-10-23(34-3)24(13-18)35-4)21-12-19-14-25(36-5)26(37-6)15-20(19)27(21)31-32/h7-11,13-15,21,28H,12H2,1-6H3,(H,30,33). The van der Waals surface area contributed by atoms with Crippen molar-refractivity contribution < 1.29 is 23.7 Å². The number of anilines is 1. The molecular formula is C29H31N3O5. The van der Waals surface area contributed by atoms with Gasteiger partial charge in [0, 0.05) is 17.2 Å². The van der Waals surface area contributed by atoms with Crippen LogP contribution in [-0.2, 0) is 6.42 Å². The van der Waals surface area contributed by atoms with Crippen LogP contribution in [0.25, 0.3) is 0 Å². The van der Waals surface area contributed by atoms with Crippen molar-refractivity contribution in [1.29, 1.82) is 0 Å². The number of aryl methyl sites for hydroxylation is 2. The van der Waals surface area contributed by atoms with Crippen LogP contribution in [0.15, 0.2) is 53.6 Å². The smallest absolute Gasteiger partial charge is 0.342 e. The molecule has 2 amide bonds. The number of nitrogens with one attached hydrogen (secondary N) is 1. The number of hydrogen-bond acceptors (Lipinski definition) is 6. The second-order valence-electron chi connectivity index (χ2n) is 9.31. The van der Waals surface area contributed by atoms with E-state index in [2.05, 4.69) is 5.32 Å². The largest absolute Gasteiger partial charge is 0.493 e. The summed E-state index contributed by atoms with van der Waals surface area (Å²) in [5.74, 6) is 2.48. The van der Waals surface area contributed by atoms with E-state index < -0.39 is 0 Å². The van der Waals surface area contributed by atoms with Gasteiger partial charge in [0.1, 0.15) is 0 Å². The monoisotopic (exact) mass is 501 g/mol. The number of benzene rings is 3. The number of amides is 2. The number of carbonyl (C=O) groups excluding carboxylic acids is 1. The highest BCUT2D eigenvalue weighted by Gasteiger charge is 2.46. The number of ether oxygens (including phenoxy) is 4. The molecule has 8 heteroatoms. The van der Waals surface area contributed by atoms with Crippen LogP contribution < -0.4 is 24.3 Å². The normalized spacial score (nSPS) is 17.6. The fraction of sp³-hybridized carbons (Fsp3) is 0.310. The number of hydrogen-bond donors (Lipinski definition) is 1. The Morgan fingerprint density at radius 2 is 1.54 bits per heavy atom. The second-order valence-corrected chi connectivity index (χ2v) is 9.31. The van der Waals surface area contributed by atoms with Crippen molar-refractivity contribution in [1.82, 2.24) is 5.01 Å². The Kier molecular flexibility index (Phi) is 6.41. The molecular weight excluding hydrogens is 470 g/mol. The highest BCUT2D eigenvalue weighted by Crippen LogP contribution is 2.48. The minimum atomic E-state index is -0.343. The van der Waals surface area contributed by atoms with Gasteiger partial charge in [0.25, 0.3) is 0 Å². The maximum atomic E-state index is 13.7. The topological polar surface area (TPSA) is 81.6 Å². The van der Waals surface area contributed by atoms with Crippen molar-refractivity contribution in [3.8, 4) is 23.0 Å². The molecule has 2 atom stereocenters. The van der Waals surface area contributed by atoms with E-state index in [9.17, 15) is 4.79 Å². The molecule has 8 nitrogen and oxygen atoms in total. The van der Waals surface area contributed by atoms with Crippen LogP contribution >= 0.6 is 0 Å². The van der Waals surface area contributed by atoms with Gasteiger partial charge in [-0.2, -0.15) is 5.10 Å². The summed E-state index contributed by atoms with van der Waals surface area (Å²) in [5.41, 5.74) is 6.72. The molecule has 0 fully saturated rings. The summed E-state index contributed by atoms with van der Waals surface area (Å²) in [6.45, 7) is 4.01. The van der Waals surface area contributed by atoms with Crippen LogP contribution in [-0.4, -0.2) is 45.2 Å². The molecule has 0 bridgehead atoms. The van der Waals surface area contributed by atoms with Crippen LogP contribution in [0.2, 0.25) is 0 Å². The number of urea groups is 1. The Labute approximate surface area is 216 Å². The lowest BCUT2D eigenvalue weighted by Crippen LogP contribution is -2.34. The van der Waals surface area contributed by atoms with Gasteiger partial charge in [-0.15, -0.1) is 0 Å². The van der Waals surface area contributed by atoms with Crippen molar-refractivity contribution >= 4 is 17.4 Å². The molecule has 0 radical (unpaired) electrons. The molecule has 1 heterocycles. The molecule has 192 valence electrons. The Morgan fingerprint density at radius 3 is 2.22 bits per heavy atom. The molecule has 2 aliphatic rings. The number of rotatable bonds is 6. The predicted octanol–water partition coefficient (Wildman–Crippen LogP) is 5.50. The quantitative estimate of drug-likeness (QED) is 0.482. The van der Waals surface area contributed by atoms with E-state index in [-0.39, 0.29) is 18.0 Å². The van der Waals surface area contributed by atoms with E-state index >= 15 is 0 Å². The lowest BCUT2D eigenvalue weighted by atomic mass is 9.90. The number of fused-ring (bicyclic) bond motifs is 3. The highest BCUT2D eigenvalue weighted by atomic mass is 16.5. The van der Waals surface area contributed by atoms with E-state index in [0.29, 0.717) is 29.4 Å². The molecule has 5 rings (SSSR count). The average molecular weight is 502 g/mol. The number of nitrogens with zero attached hydrogens (tertiary/aromatic N) is 2. The first-order valence-corrected chi connectivity index (χ1v) is 12.1.